The number of hydrogen-bond donors (Lipinski definition) is 2. The summed E-state index contributed by atoms with van der Waals surface area (Å²) in [7, 11) is -1.17. The van der Waals surface area contributed by atoms with Crippen molar-refractivity contribution in [2.45, 2.75) is 57.7 Å². The highest BCUT2D eigenvalue weighted by atomic mass is 32.2. The highest BCUT2D eigenvalue weighted by Crippen LogP contribution is 2.53. The van der Waals surface area contributed by atoms with Crippen LogP contribution in [0.5, 0.6) is 0 Å². The minimum atomic E-state index is -1.17. The van der Waals surface area contributed by atoms with Crippen molar-refractivity contribution in [1.82, 2.24) is 9.62 Å². The Labute approximate surface area is 152 Å². The lowest BCUT2D eigenvalue weighted by molar-refractivity contribution is 0.0768. The molecule has 138 valence electrons. The summed E-state index contributed by atoms with van der Waals surface area (Å²) in [6, 6.07) is 6.34. The zero-order valence-corrected chi connectivity index (χ0v) is 16.3. The molecule has 3 rings (SSSR count). The Hall–Kier alpha value is -1.40. The lowest BCUT2D eigenvalue weighted by atomic mass is 9.73. The maximum absolute atomic E-state index is 12.8. The van der Waals surface area contributed by atoms with Crippen molar-refractivity contribution >= 4 is 17.1 Å². The van der Waals surface area contributed by atoms with Gasteiger partial charge in [0.25, 0.3) is 0 Å². The number of aryl methyl sites for hydroxylation is 1. The average molecular weight is 365 g/mol. The number of benzene rings is 1. The summed E-state index contributed by atoms with van der Waals surface area (Å²) in [4.78, 5) is 12.8. The van der Waals surface area contributed by atoms with Crippen LogP contribution in [0.3, 0.4) is 0 Å². The number of piperidine rings is 1. The van der Waals surface area contributed by atoms with Gasteiger partial charge in [-0.15, -0.1) is 0 Å². The van der Waals surface area contributed by atoms with Gasteiger partial charge in [0.05, 0.1) is 21.8 Å². The van der Waals surface area contributed by atoms with Gasteiger partial charge in [-0.05, 0) is 69.1 Å². The molecule has 1 heterocycles. The molecule has 0 aromatic heterocycles. The average Bonchev–Trinajstić information content (AvgIpc) is 2.82. The van der Waals surface area contributed by atoms with Gasteiger partial charge < -0.3 is 10.0 Å². The molecule has 0 bridgehead atoms. The van der Waals surface area contributed by atoms with E-state index in [4.69, 9.17) is 0 Å². The van der Waals surface area contributed by atoms with E-state index in [-0.39, 0.29) is 16.2 Å². The van der Waals surface area contributed by atoms with Crippen molar-refractivity contribution in [3.8, 4) is 0 Å². The normalized spacial score (nSPS) is 23.5. The van der Waals surface area contributed by atoms with Gasteiger partial charge in [0.2, 0.25) is 0 Å². The van der Waals surface area contributed by atoms with Crippen LogP contribution in [0.4, 0.5) is 4.79 Å². The number of fused-ring (bicyclic) bond motifs is 1. The lowest BCUT2D eigenvalue weighted by Crippen LogP contribution is -2.48. The number of carbonyl (C=O) groups is 1. The molecule has 1 aliphatic carbocycles. The Morgan fingerprint density at radius 1 is 1.32 bits per heavy atom. The molecular weight excluding hydrogens is 336 g/mol. The molecule has 1 fully saturated rings. The zero-order valence-electron chi connectivity index (χ0n) is 15.5. The Bertz CT molecular complexity index is 703. The summed E-state index contributed by atoms with van der Waals surface area (Å²) in [6.07, 6.45) is 1.68. The summed E-state index contributed by atoms with van der Waals surface area (Å²) in [6.45, 7) is 9.14. The van der Waals surface area contributed by atoms with Crippen molar-refractivity contribution in [2.75, 3.05) is 13.1 Å². The number of likely N-dealkylation sites (tertiary alicyclic amines) is 1. The highest BCUT2D eigenvalue weighted by Gasteiger charge is 2.49. The second kappa shape index (κ2) is 6.40. The molecule has 1 spiro atoms. The van der Waals surface area contributed by atoms with E-state index in [9.17, 15) is 14.1 Å². The summed E-state index contributed by atoms with van der Waals surface area (Å²) < 4.78 is 15.9. The molecule has 1 unspecified atom stereocenters. The Morgan fingerprint density at radius 2 is 1.96 bits per heavy atom. The van der Waals surface area contributed by atoms with Crippen molar-refractivity contribution in [2.24, 2.45) is 5.41 Å². The van der Waals surface area contributed by atoms with Crippen LogP contribution in [0.25, 0.3) is 0 Å². The molecule has 2 atom stereocenters. The first-order valence-corrected chi connectivity index (χ1v) is 10.0. The monoisotopic (exact) mass is 364 g/mol. The van der Waals surface area contributed by atoms with Crippen molar-refractivity contribution in [3.05, 3.63) is 34.9 Å². The molecule has 0 radical (unpaired) electrons. The Kier molecular flexibility index (Phi) is 4.71. The molecule has 6 heteroatoms. The van der Waals surface area contributed by atoms with E-state index in [2.05, 4.69) is 29.8 Å². The molecular formula is C19H28N2O3S. The summed E-state index contributed by atoms with van der Waals surface area (Å²) in [5.41, 5.74) is 3.79. The van der Waals surface area contributed by atoms with Gasteiger partial charge >= 0.3 is 6.09 Å². The molecule has 1 aromatic rings. The third kappa shape index (κ3) is 3.34. The number of nitrogens with zero attached hydrogens (tertiary/aromatic N) is 1. The van der Waals surface area contributed by atoms with Crippen LogP contribution in [-0.4, -0.2) is 38.1 Å². The van der Waals surface area contributed by atoms with E-state index in [1.54, 1.807) is 0 Å². The topological polar surface area (TPSA) is 69.6 Å². The minimum Gasteiger partial charge on any atom is -0.465 e. The molecule has 0 saturated carbocycles. The van der Waals surface area contributed by atoms with E-state index in [0.717, 1.165) is 19.3 Å². The van der Waals surface area contributed by atoms with Crippen LogP contribution < -0.4 is 4.72 Å². The van der Waals surface area contributed by atoms with Crippen LogP contribution >= 0.6 is 0 Å². The smallest absolute Gasteiger partial charge is 0.407 e. The Balaban J connectivity index is 1.94. The van der Waals surface area contributed by atoms with Crippen molar-refractivity contribution < 1.29 is 14.1 Å². The molecule has 1 aromatic carbocycles. The van der Waals surface area contributed by atoms with E-state index < -0.39 is 17.1 Å². The number of rotatable bonds is 2. The van der Waals surface area contributed by atoms with Gasteiger partial charge in [-0.25, -0.2) is 13.7 Å². The summed E-state index contributed by atoms with van der Waals surface area (Å²) >= 11 is 0. The zero-order chi connectivity index (χ0) is 18.4. The first-order valence-electron chi connectivity index (χ1n) is 8.88. The van der Waals surface area contributed by atoms with E-state index in [1.165, 1.54) is 21.6 Å². The molecule has 1 amide bonds. The first-order chi connectivity index (χ1) is 11.6. The Morgan fingerprint density at radius 3 is 2.52 bits per heavy atom. The number of carboxylic acid groups (broad SMARTS) is 1. The molecule has 1 aliphatic heterocycles. The maximum Gasteiger partial charge on any atom is 0.407 e. The van der Waals surface area contributed by atoms with Gasteiger partial charge in [-0.3, -0.25) is 0 Å². The van der Waals surface area contributed by atoms with Crippen molar-refractivity contribution in [1.29, 1.82) is 0 Å². The largest absolute Gasteiger partial charge is 0.465 e. The first kappa shape index (κ1) is 18.4. The predicted molar refractivity (Wildman–Crippen MR) is 99.9 cm³/mol. The summed E-state index contributed by atoms with van der Waals surface area (Å²) in [5.74, 6) is 0. The molecule has 2 N–H and O–H groups in total. The number of amides is 1. The van der Waals surface area contributed by atoms with Crippen molar-refractivity contribution in [3.63, 3.8) is 0 Å². The van der Waals surface area contributed by atoms with Crippen LogP contribution in [0.2, 0.25) is 0 Å². The quantitative estimate of drug-likeness (QED) is 0.845. The number of hydrogen-bond acceptors (Lipinski definition) is 2. The van der Waals surface area contributed by atoms with Crippen LogP contribution in [0, 0.1) is 12.3 Å². The highest BCUT2D eigenvalue weighted by molar-refractivity contribution is 7.84. The maximum atomic E-state index is 12.8. The van der Waals surface area contributed by atoms with Crippen LogP contribution in [0.15, 0.2) is 18.2 Å². The minimum absolute atomic E-state index is 0.0124. The van der Waals surface area contributed by atoms with Gasteiger partial charge in [0.1, 0.15) is 0 Å². The van der Waals surface area contributed by atoms with Crippen LogP contribution in [0.1, 0.15) is 56.3 Å². The molecule has 25 heavy (non-hydrogen) atoms. The molecule has 1 saturated heterocycles. The van der Waals surface area contributed by atoms with E-state index >= 15 is 0 Å². The molecule has 2 aliphatic rings. The lowest BCUT2D eigenvalue weighted by Gasteiger charge is -2.43. The van der Waals surface area contributed by atoms with Gasteiger partial charge in [0, 0.05) is 13.1 Å². The van der Waals surface area contributed by atoms with E-state index in [0.29, 0.717) is 13.1 Å². The second-order valence-electron chi connectivity index (χ2n) is 8.38. The fraction of sp³-hybridized carbons (Fsp3) is 0.632. The van der Waals surface area contributed by atoms with Gasteiger partial charge in [-0.2, -0.15) is 0 Å². The summed E-state index contributed by atoms with van der Waals surface area (Å²) in [5, 5.41) is 9.27. The van der Waals surface area contributed by atoms with Gasteiger partial charge in [0.15, 0.2) is 0 Å². The van der Waals surface area contributed by atoms with E-state index in [1.807, 2.05) is 20.8 Å². The predicted octanol–water partition coefficient (Wildman–Crippen LogP) is 3.40. The standard InChI is InChI=1S/C19H28N2O3S/c1-13-6-5-7-14-15(13)12-19(8-10-21(11-9-19)17(22)23)16(14)20-25(24)18(2,3)4/h5-7,16,20H,8-12H2,1-4H3,(H,22,23)/t16-,25?/m0/s1. The fourth-order valence-corrected chi connectivity index (χ4v) is 5.05. The van der Waals surface area contributed by atoms with Gasteiger partial charge in [-0.1, -0.05) is 18.2 Å². The SMILES string of the molecule is Cc1cccc2c1CC1(CCN(C(=O)O)CC1)[C@H]2NS(=O)C(C)(C)C. The third-order valence-corrected chi connectivity index (χ3v) is 7.27. The van der Waals surface area contributed by atoms with Crippen LogP contribution in [-0.2, 0) is 17.4 Å². The fourth-order valence-electron chi connectivity index (χ4n) is 4.10. The third-order valence-electron chi connectivity index (χ3n) is 5.71. The molecule has 5 nitrogen and oxygen atoms in total. The second-order valence-corrected chi connectivity index (χ2v) is 10.4. The number of nitrogens with one attached hydrogen (secondary N) is 1.